The van der Waals surface area contributed by atoms with E-state index < -0.39 is 34.3 Å². The highest BCUT2D eigenvalue weighted by Crippen LogP contribution is 2.26. The molecule has 3 aromatic rings. The highest BCUT2D eigenvalue weighted by Gasteiger charge is 2.32. The standard InChI is InChI=1S/C29H33ClFN3O4S/c1-20(2)17-32-29(36)22(4)33(18-23-7-5-6-8-27(23)30)28(35)19-34(25-13-11-24(31)12-14-25)39(37,38)26-15-9-21(3)10-16-26/h5-16,20,22H,17-19H2,1-4H3,(H,32,36)/t22-/m0/s1. The number of halogens is 2. The summed E-state index contributed by atoms with van der Waals surface area (Å²) in [6.45, 7) is 7.10. The first-order valence-corrected chi connectivity index (χ1v) is 14.4. The molecule has 0 aliphatic heterocycles. The Bertz CT molecular complexity index is 1400. The number of hydrogen-bond donors (Lipinski definition) is 1. The van der Waals surface area contributed by atoms with Crippen molar-refractivity contribution in [1.29, 1.82) is 0 Å². The third-order valence-corrected chi connectivity index (χ3v) is 8.31. The molecule has 0 unspecified atom stereocenters. The first-order chi connectivity index (χ1) is 18.4. The summed E-state index contributed by atoms with van der Waals surface area (Å²) in [6, 6.07) is 17.1. The van der Waals surface area contributed by atoms with E-state index in [2.05, 4.69) is 5.32 Å². The Kier molecular flexibility index (Phi) is 10.1. The van der Waals surface area contributed by atoms with Crippen LogP contribution in [0.5, 0.6) is 0 Å². The van der Waals surface area contributed by atoms with Crippen LogP contribution in [0.2, 0.25) is 5.02 Å². The molecule has 1 N–H and O–H groups in total. The van der Waals surface area contributed by atoms with Crippen molar-refractivity contribution in [2.24, 2.45) is 5.92 Å². The summed E-state index contributed by atoms with van der Waals surface area (Å²) in [5, 5.41) is 3.24. The highest BCUT2D eigenvalue weighted by molar-refractivity contribution is 7.92. The van der Waals surface area contributed by atoms with Crippen molar-refractivity contribution in [3.8, 4) is 0 Å². The quantitative estimate of drug-likeness (QED) is 0.343. The Morgan fingerprint density at radius 3 is 2.15 bits per heavy atom. The van der Waals surface area contributed by atoms with Gasteiger partial charge in [-0.3, -0.25) is 13.9 Å². The van der Waals surface area contributed by atoms with Crippen LogP contribution in [-0.2, 0) is 26.2 Å². The van der Waals surface area contributed by atoms with E-state index in [1.54, 1.807) is 43.3 Å². The van der Waals surface area contributed by atoms with E-state index in [9.17, 15) is 22.4 Å². The fourth-order valence-electron chi connectivity index (χ4n) is 3.82. The zero-order valence-electron chi connectivity index (χ0n) is 22.4. The van der Waals surface area contributed by atoms with Crippen LogP contribution in [0.3, 0.4) is 0 Å². The number of benzene rings is 3. The molecule has 0 aliphatic carbocycles. The van der Waals surface area contributed by atoms with Crippen molar-refractivity contribution in [3.63, 3.8) is 0 Å². The fourth-order valence-corrected chi connectivity index (χ4v) is 5.43. The molecule has 0 saturated carbocycles. The molecule has 0 spiro atoms. The Morgan fingerprint density at radius 1 is 0.949 bits per heavy atom. The van der Waals surface area contributed by atoms with Crippen LogP contribution in [0.4, 0.5) is 10.1 Å². The number of anilines is 1. The average molecular weight is 574 g/mol. The van der Waals surface area contributed by atoms with Gasteiger partial charge in [0.1, 0.15) is 18.4 Å². The minimum Gasteiger partial charge on any atom is -0.354 e. The fraction of sp³-hybridized carbons (Fsp3) is 0.310. The van der Waals surface area contributed by atoms with Gasteiger partial charge < -0.3 is 10.2 Å². The van der Waals surface area contributed by atoms with E-state index in [-0.39, 0.29) is 29.0 Å². The van der Waals surface area contributed by atoms with Crippen molar-refractivity contribution in [3.05, 3.63) is 94.8 Å². The molecular formula is C29H33ClFN3O4S. The second kappa shape index (κ2) is 13.1. The van der Waals surface area contributed by atoms with Gasteiger partial charge in [-0.05, 0) is 67.8 Å². The molecule has 0 fully saturated rings. The highest BCUT2D eigenvalue weighted by atomic mass is 35.5. The van der Waals surface area contributed by atoms with E-state index in [4.69, 9.17) is 11.6 Å². The van der Waals surface area contributed by atoms with Crippen molar-refractivity contribution in [2.75, 3.05) is 17.4 Å². The maximum atomic E-state index is 13.8. The lowest BCUT2D eigenvalue weighted by molar-refractivity contribution is -0.139. The van der Waals surface area contributed by atoms with Gasteiger partial charge >= 0.3 is 0 Å². The topological polar surface area (TPSA) is 86.8 Å². The molecule has 0 heterocycles. The molecule has 0 aromatic heterocycles. The molecule has 1 atom stereocenters. The van der Waals surface area contributed by atoms with E-state index in [1.165, 1.54) is 29.2 Å². The zero-order chi connectivity index (χ0) is 28.7. The van der Waals surface area contributed by atoms with Crippen molar-refractivity contribution in [2.45, 2.75) is 45.2 Å². The molecule has 0 saturated heterocycles. The van der Waals surface area contributed by atoms with Gasteiger partial charge in [0.15, 0.2) is 0 Å². The normalized spacial score (nSPS) is 12.2. The summed E-state index contributed by atoms with van der Waals surface area (Å²) in [5.41, 5.74) is 1.58. The molecule has 208 valence electrons. The summed E-state index contributed by atoms with van der Waals surface area (Å²) in [7, 11) is -4.22. The van der Waals surface area contributed by atoms with Crippen LogP contribution in [-0.4, -0.2) is 44.3 Å². The molecule has 2 amide bonds. The van der Waals surface area contributed by atoms with Gasteiger partial charge in [0.25, 0.3) is 10.0 Å². The predicted octanol–water partition coefficient (Wildman–Crippen LogP) is 5.17. The summed E-state index contributed by atoms with van der Waals surface area (Å²) < 4.78 is 42.1. The first kappa shape index (κ1) is 30.1. The van der Waals surface area contributed by atoms with Crippen molar-refractivity contribution < 1.29 is 22.4 Å². The second-order valence-electron chi connectivity index (χ2n) is 9.73. The van der Waals surface area contributed by atoms with Gasteiger partial charge in [0, 0.05) is 18.1 Å². The smallest absolute Gasteiger partial charge is 0.264 e. The minimum atomic E-state index is -4.22. The molecule has 3 aromatic carbocycles. The Morgan fingerprint density at radius 2 is 1.56 bits per heavy atom. The maximum absolute atomic E-state index is 13.8. The van der Waals surface area contributed by atoms with E-state index >= 15 is 0 Å². The third-order valence-electron chi connectivity index (χ3n) is 6.15. The molecule has 3 rings (SSSR count). The second-order valence-corrected chi connectivity index (χ2v) is 12.0. The number of hydrogen-bond acceptors (Lipinski definition) is 4. The molecule has 10 heteroatoms. The number of rotatable bonds is 11. The number of nitrogens with one attached hydrogen (secondary N) is 1. The molecule has 0 radical (unpaired) electrons. The Balaban J connectivity index is 2.01. The average Bonchev–Trinajstić information content (AvgIpc) is 2.90. The van der Waals surface area contributed by atoms with Crippen LogP contribution in [0, 0.1) is 18.7 Å². The zero-order valence-corrected chi connectivity index (χ0v) is 24.0. The molecule has 39 heavy (non-hydrogen) atoms. The summed E-state index contributed by atoms with van der Waals surface area (Å²) in [4.78, 5) is 28.1. The molecule has 7 nitrogen and oxygen atoms in total. The number of carbonyl (C=O) groups is 2. The first-order valence-electron chi connectivity index (χ1n) is 12.6. The van der Waals surface area contributed by atoms with Crippen LogP contribution in [0.25, 0.3) is 0 Å². The number of aryl methyl sites for hydroxylation is 1. The molecule has 0 bridgehead atoms. The SMILES string of the molecule is Cc1ccc(S(=O)(=O)N(CC(=O)N(Cc2ccccc2Cl)[C@@H](C)C(=O)NCC(C)C)c2ccc(F)cc2)cc1. The predicted molar refractivity (Wildman–Crippen MR) is 151 cm³/mol. The monoisotopic (exact) mass is 573 g/mol. The van der Waals surface area contributed by atoms with Gasteiger partial charge in [0.2, 0.25) is 11.8 Å². The van der Waals surface area contributed by atoms with Crippen molar-refractivity contribution in [1.82, 2.24) is 10.2 Å². The number of carbonyl (C=O) groups excluding carboxylic acids is 2. The van der Waals surface area contributed by atoms with Crippen LogP contribution >= 0.6 is 11.6 Å². The lowest BCUT2D eigenvalue weighted by Crippen LogP contribution is -2.51. The summed E-state index contributed by atoms with van der Waals surface area (Å²) in [6.07, 6.45) is 0. The van der Waals surface area contributed by atoms with Crippen molar-refractivity contribution >= 4 is 39.1 Å². The van der Waals surface area contributed by atoms with Gasteiger partial charge in [-0.2, -0.15) is 0 Å². The number of amides is 2. The van der Waals surface area contributed by atoms with E-state index in [0.29, 0.717) is 17.1 Å². The number of nitrogens with zero attached hydrogens (tertiary/aromatic N) is 2. The summed E-state index contributed by atoms with van der Waals surface area (Å²) >= 11 is 6.36. The molecule has 0 aliphatic rings. The van der Waals surface area contributed by atoms with Gasteiger partial charge in [0.05, 0.1) is 10.6 Å². The Labute approximate surface area is 234 Å². The largest absolute Gasteiger partial charge is 0.354 e. The molecular weight excluding hydrogens is 541 g/mol. The number of sulfonamides is 1. The lowest BCUT2D eigenvalue weighted by atomic mass is 10.1. The minimum absolute atomic E-state index is 0.0173. The van der Waals surface area contributed by atoms with Gasteiger partial charge in [-0.25, -0.2) is 12.8 Å². The maximum Gasteiger partial charge on any atom is 0.264 e. The lowest BCUT2D eigenvalue weighted by Gasteiger charge is -2.32. The third kappa shape index (κ3) is 7.80. The van der Waals surface area contributed by atoms with Crippen LogP contribution in [0.15, 0.2) is 77.7 Å². The van der Waals surface area contributed by atoms with Crippen LogP contribution in [0.1, 0.15) is 31.9 Å². The van der Waals surface area contributed by atoms with Crippen LogP contribution < -0.4 is 9.62 Å². The van der Waals surface area contributed by atoms with Gasteiger partial charge in [-0.15, -0.1) is 0 Å². The Hall–Kier alpha value is -3.43. The van der Waals surface area contributed by atoms with Gasteiger partial charge in [-0.1, -0.05) is 61.3 Å². The summed E-state index contributed by atoms with van der Waals surface area (Å²) in [5.74, 6) is -1.35. The van der Waals surface area contributed by atoms with E-state index in [0.717, 1.165) is 22.0 Å². The van der Waals surface area contributed by atoms with E-state index in [1.807, 2.05) is 20.8 Å².